The normalized spacial score (nSPS) is 11.8. The minimum absolute atomic E-state index is 0.0543. The number of benzene rings is 1. The quantitative estimate of drug-likeness (QED) is 0.939. The second-order valence-corrected chi connectivity index (χ2v) is 6.29. The number of hydrogen-bond donors (Lipinski definition) is 1. The van der Waals surface area contributed by atoms with Gasteiger partial charge in [-0.05, 0) is 12.1 Å². The van der Waals surface area contributed by atoms with E-state index in [2.05, 4.69) is 9.88 Å². The maximum atomic E-state index is 11.6. The van der Waals surface area contributed by atoms with Gasteiger partial charge >= 0.3 is 10.2 Å². The highest BCUT2D eigenvalue weighted by Gasteiger charge is 2.16. The summed E-state index contributed by atoms with van der Waals surface area (Å²) in [7, 11) is -0.767. The molecular formula is C11H12ClN3O3S. The molecule has 19 heavy (non-hydrogen) atoms. The van der Waals surface area contributed by atoms with E-state index in [9.17, 15) is 8.42 Å². The molecule has 102 valence electrons. The van der Waals surface area contributed by atoms with E-state index in [1.165, 1.54) is 20.2 Å². The average Bonchev–Trinajstić information content (AvgIpc) is 2.77. The van der Waals surface area contributed by atoms with Crippen molar-refractivity contribution in [2.24, 2.45) is 0 Å². The molecule has 1 aromatic heterocycles. The number of halogens is 1. The lowest BCUT2D eigenvalue weighted by molar-refractivity contribution is 0.436. The summed E-state index contributed by atoms with van der Waals surface area (Å²) in [5.41, 5.74) is 1.30. The summed E-state index contributed by atoms with van der Waals surface area (Å²) < 4.78 is 31.4. The van der Waals surface area contributed by atoms with Gasteiger partial charge in [0.1, 0.15) is 5.69 Å². The van der Waals surface area contributed by atoms with Crippen LogP contribution in [0, 0.1) is 0 Å². The van der Waals surface area contributed by atoms with Gasteiger partial charge in [-0.25, -0.2) is 4.72 Å². The molecule has 0 fully saturated rings. The van der Waals surface area contributed by atoms with Gasteiger partial charge in [0.05, 0.1) is 0 Å². The molecule has 0 spiro atoms. The van der Waals surface area contributed by atoms with Crippen LogP contribution in [0.2, 0.25) is 5.02 Å². The van der Waals surface area contributed by atoms with Crippen LogP contribution in [-0.2, 0) is 10.2 Å². The maximum Gasteiger partial charge on any atom is 0.303 e. The number of aromatic nitrogens is 1. The van der Waals surface area contributed by atoms with Crippen molar-refractivity contribution in [2.45, 2.75) is 0 Å². The van der Waals surface area contributed by atoms with E-state index in [4.69, 9.17) is 16.1 Å². The molecule has 8 heteroatoms. The SMILES string of the molecule is CN(C)S(=O)(=O)Nc1cc(-c2ccc(Cl)cc2)no1. The smallest absolute Gasteiger partial charge is 0.303 e. The molecule has 2 aromatic rings. The Bertz CT molecular complexity index is 665. The third kappa shape index (κ3) is 3.25. The van der Waals surface area contributed by atoms with Gasteiger partial charge in [-0.2, -0.15) is 12.7 Å². The van der Waals surface area contributed by atoms with Gasteiger partial charge in [0.15, 0.2) is 0 Å². The summed E-state index contributed by atoms with van der Waals surface area (Å²) in [4.78, 5) is 0. The van der Waals surface area contributed by atoms with Crippen molar-refractivity contribution in [2.75, 3.05) is 18.8 Å². The Kier molecular flexibility index (Phi) is 3.79. The van der Waals surface area contributed by atoms with Gasteiger partial charge in [0.2, 0.25) is 5.88 Å². The summed E-state index contributed by atoms with van der Waals surface area (Å²) >= 11 is 5.79. The summed E-state index contributed by atoms with van der Waals surface area (Å²) in [6, 6.07) is 8.48. The Labute approximate surface area is 116 Å². The Morgan fingerprint density at radius 1 is 1.26 bits per heavy atom. The minimum Gasteiger partial charge on any atom is -0.337 e. The van der Waals surface area contributed by atoms with Crippen molar-refractivity contribution >= 4 is 27.7 Å². The first kappa shape index (κ1) is 13.9. The lowest BCUT2D eigenvalue weighted by Gasteiger charge is -2.10. The van der Waals surface area contributed by atoms with E-state index in [0.717, 1.165) is 9.87 Å². The van der Waals surface area contributed by atoms with E-state index in [1.807, 2.05) is 0 Å². The fourth-order valence-corrected chi connectivity index (χ4v) is 1.96. The van der Waals surface area contributed by atoms with E-state index in [0.29, 0.717) is 10.7 Å². The Hall–Kier alpha value is -1.57. The first-order valence-electron chi connectivity index (χ1n) is 5.31. The molecule has 1 N–H and O–H groups in total. The minimum atomic E-state index is -3.60. The molecule has 0 saturated heterocycles. The van der Waals surface area contributed by atoms with Crippen LogP contribution in [0.4, 0.5) is 5.88 Å². The summed E-state index contributed by atoms with van der Waals surface area (Å²) in [6.45, 7) is 0. The lowest BCUT2D eigenvalue weighted by atomic mass is 10.1. The molecule has 1 aromatic carbocycles. The van der Waals surface area contributed by atoms with Gasteiger partial charge < -0.3 is 4.52 Å². The molecule has 0 radical (unpaired) electrons. The molecular weight excluding hydrogens is 290 g/mol. The van der Waals surface area contributed by atoms with E-state index in [1.54, 1.807) is 24.3 Å². The van der Waals surface area contributed by atoms with Crippen molar-refractivity contribution in [3.63, 3.8) is 0 Å². The first-order valence-corrected chi connectivity index (χ1v) is 7.13. The number of nitrogens with one attached hydrogen (secondary N) is 1. The maximum absolute atomic E-state index is 11.6. The monoisotopic (exact) mass is 301 g/mol. The summed E-state index contributed by atoms with van der Waals surface area (Å²) in [5, 5.41) is 4.41. The van der Waals surface area contributed by atoms with E-state index in [-0.39, 0.29) is 5.88 Å². The molecule has 0 saturated carbocycles. The predicted molar refractivity (Wildman–Crippen MR) is 73.2 cm³/mol. The third-order valence-electron chi connectivity index (χ3n) is 2.36. The summed E-state index contributed by atoms with van der Waals surface area (Å²) in [5.74, 6) is 0.0543. The summed E-state index contributed by atoms with van der Waals surface area (Å²) in [6.07, 6.45) is 0. The molecule has 0 amide bonds. The zero-order chi connectivity index (χ0) is 14.0. The van der Waals surface area contributed by atoms with Crippen LogP contribution in [-0.4, -0.2) is 32.0 Å². The molecule has 0 unspecified atom stereocenters. The average molecular weight is 302 g/mol. The molecule has 0 aliphatic heterocycles. The second-order valence-electron chi connectivity index (χ2n) is 3.97. The predicted octanol–water partition coefficient (Wildman–Crippen LogP) is 2.21. The molecule has 0 bridgehead atoms. The zero-order valence-corrected chi connectivity index (χ0v) is 11.9. The van der Waals surface area contributed by atoms with Crippen molar-refractivity contribution in [3.05, 3.63) is 35.4 Å². The van der Waals surface area contributed by atoms with Crippen LogP contribution in [0.1, 0.15) is 0 Å². The highest BCUT2D eigenvalue weighted by Crippen LogP contribution is 2.23. The molecule has 1 heterocycles. The van der Waals surface area contributed by atoms with Gasteiger partial charge in [-0.3, -0.25) is 0 Å². The van der Waals surface area contributed by atoms with Crippen LogP contribution in [0.5, 0.6) is 0 Å². The lowest BCUT2D eigenvalue weighted by Crippen LogP contribution is -2.28. The number of nitrogens with zero attached hydrogens (tertiary/aromatic N) is 2. The molecule has 0 atom stereocenters. The van der Waals surface area contributed by atoms with Crippen molar-refractivity contribution in [1.82, 2.24) is 9.46 Å². The largest absolute Gasteiger partial charge is 0.337 e. The molecule has 0 aliphatic rings. The topological polar surface area (TPSA) is 75.4 Å². The molecule has 0 aliphatic carbocycles. The second kappa shape index (κ2) is 5.20. The number of rotatable bonds is 4. The standard InChI is InChI=1S/C11H12ClN3O3S/c1-15(2)19(16,17)14-11-7-10(13-18-11)8-3-5-9(12)6-4-8/h3-7,14H,1-2H3. The molecule has 6 nitrogen and oxygen atoms in total. The van der Waals surface area contributed by atoms with Gasteiger partial charge in [0, 0.05) is 30.7 Å². The van der Waals surface area contributed by atoms with Crippen LogP contribution >= 0.6 is 11.6 Å². The van der Waals surface area contributed by atoms with Gasteiger partial charge in [0.25, 0.3) is 0 Å². The van der Waals surface area contributed by atoms with Crippen LogP contribution in [0.3, 0.4) is 0 Å². The Morgan fingerprint density at radius 2 is 1.89 bits per heavy atom. The van der Waals surface area contributed by atoms with Gasteiger partial charge in [-0.15, -0.1) is 0 Å². The third-order valence-corrected chi connectivity index (χ3v) is 4.03. The van der Waals surface area contributed by atoms with Crippen LogP contribution in [0.15, 0.2) is 34.9 Å². The van der Waals surface area contributed by atoms with Crippen molar-refractivity contribution < 1.29 is 12.9 Å². The fraction of sp³-hybridized carbons (Fsp3) is 0.182. The first-order chi connectivity index (χ1) is 8.88. The number of anilines is 1. The molecule has 2 rings (SSSR count). The van der Waals surface area contributed by atoms with Crippen molar-refractivity contribution in [1.29, 1.82) is 0 Å². The van der Waals surface area contributed by atoms with Crippen LogP contribution < -0.4 is 4.72 Å². The fourth-order valence-electron chi connectivity index (χ4n) is 1.30. The van der Waals surface area contributed by atoms with E-state index < -0.39 is 10.2 Å². The zero-order valence-electron chi connectivity index (χ0n) is 10.3. The van der Waals surface area contributed by atoms with Crippen LogP contribution in [0.25, 0.3) is 11.3 Å². The van der Waals surface area contributed by atoms with E-state index >= 15 is 0 Å². The number of hydrogen-bond acceptors (Lipinski definition) is 4. The van der Waals surface area contributed by atoms with Gasteiger partial charge in [-0.1, -0.05) is 28.9 Å². The van der Waals surface area contributed by atoms with Crippen molar-refractivity contribution in [3.8, 4) is 11.3 Å². The Morgan fingerprint density at radius 3 is 2.47 bits per heavy atom. The highest BCUT2D eigenvalue weighted by atomic mass is 35.5. The highest BCUT2D eigenvalue weighted by molar-refractivity contribution is 7.90. The Balaban J connectivity index is 2.22.